The third-order valence-corrected chi connectivity index (χ3v) is 5.88. The van der Waals surface area contributed by atoms with Gasteiger partial charge in [0.2, 0.25) is 5.91 Å². The molecule has 0 aromatic rings. The van der Waals surface area contributed by atoms with Gasteiger partial charge >= 0.3 is 0 Å². The van der Waals surface area contributed by atoms with Crippen LogP contribution in [0.5, 0.6) is 0 Å². The molecular weight excluding hydrogens is 252 g/mol. The molecule has 0 aromatic heterocycles. The van der Waals surface area contributed by atoms with Gasteiger partial charge in [-0.3, -0.25) is 9.69 Å². The van der Waals surface area contributed by atoms with Gasteiger partial charge in [-0.2, -0.15) is 0 Å². The molecule has 0 aromatic carbocycles. The summed E-state index contributed by atoms with van der Waals surface area (Å²) in [4.78, 5) is 14.3. The number of fused-ring (bicyclic) bond motifs is 2. The Hall–Kier alpha value is -0.610. The zero-order valence-corrected chi connectivity index (χ0v) is 12.6. The van der Waals surface area contributed by atoms with E-state index in [9.17, 15) is 9.90 Å². The summed E-state index contributed by atoms with van der Waals surface area (Å²) in [5, 5.41) is 12.5. The van der Waals surface area contributed by atoms with Crippen LogP contribution >= 0.6 is 0 Å². The average Bonchev–Trinajstić information content (AvgIpc) is 3.13. The van der Waals surface area contributed by atoms with E-state index < -0.39 is 0 Å². The fourth-order valence-electron chi connectivity index (χ4n) is 4.81. The predicted molar refractivity (Wildman–Crippen MR) is 78.2 cm³/mol. The van der Waals surface area contributed by atoms with Crippen molar-refractivity contribution < 1.29 is 9.90 Å². The van der Waals surface area contributed by atoms with Crippen LogP contribution in [0, 0.1) is 17.8 Å². The van der Waals surface area contributed by atoms with Crippen molar-refractivity contribution in [1.29, 1.82) is 0 Å². The third-order valence-electron chi connectivity index (χ3n) is 5.88. The van der Waals surface area contributed by atoms with Crippen LogP contribution in [0.2, 0.25) is 0 Å². The molecule has 3 rings (SSSR count). The number of hydrogen-bond acceptors (Lipinski definition) is 3. The molecule has 2 N–H and O–H groups in total. The van der Waals surface area contributed by atoms with Crippen LogP contribution in [-0.2, 0) is 4.79 Å². The van der Waals surface area contributed by atoms with Gasteiger partial charge in [-0.1, -0.05) is 6.42 Å². The van der Waals surface area contributed by atoms with Crippen molar-refractivity contribution in [3.05, 3.63) is 0 Å². The molecule has 114 valence electrons. The first-order valence-electron chi connectivity index (χ1n) is 8.31. The quantitative estimate of drug-likeness (QED) is 0.800. The van der Waals surface area contributed by atoms with Crippen molar-refractivity contribution >= 4 is 5.91 Å². The highest BCUT2D eigenvalue weighted by molar-refractivity contribution is 5.78. The number of likely N-dealkylation sites (tertiary alicyclic amines) is 1. The molecule has 1 heterocycles. The van der Waals surface area contributed by atoms with Crippen LogP contribution in [-0.4, -0.2) is 47.7 Å². The van der Waals surface area contributed by atoms with Gasteiger partial charge in [-0.25, -0.2) is 0 Å². The molecule has 1 aliphatic heterocycles. The first-order valence-corrected chi connectivity index (χ1v) is 8.31. The van der Waals surface area contributed by atoms with Crippen LogP contribution in [0.3, 0.4) is 0 Å². The van der Waals surface area contributed by atoms with Gasteiger partial charge in [-0.15, -0.1) is 0 Å². The molecular formula is C16H28N2O2. The molecule has 5 atom stereocenters. The summed E-state index contributed by atoms with van der Waals surface area (Å²) in [5.74, 6) is 2.62. The number of hydrogen-bond donors (Lipinski definition) is 2. The summed E-state index contributed by atoms with van der Waals surface area (Å²) in [5.41, 5.74) is 0. The second-order valence-corrected chi connectivity index (χ2v) is 7.14. The van der Waals surface area contributed by atoms with E-state index in [2.05, 4.69) is 17.1 Å². The van der Waals surface area contributed by atoms with E-state index in [1.54, 1.807) is 0 Å². The minimum Gasteiger partial charge on any atom is -0.395 e. The maximum Gasteiger partial charge on any atom is 0.234 e. The predicted octanol–water partition coefficient (Wildman–Crippen LogP) is 1.38. The topological polar surface area (TPSA) is 52.6 Å². The first kappa shape index (κ1) is 14.3. The number of carbonyl (C=O) groups is 1. The largest absolute Gasteiger partial charge is 0.395 e. The van der Waals surface area contributed by atoms with E-state index in [1.807, 2.05) is 0 Å². The van der Waals surface area contributed by atoms with Gasteiger partial charge in [0.15, 0.2) is 0 Å². The van der Waals surface area contributed by atoms with Crippen molar-refractivity contribution in [2.45, 2.75) is 57.5 Å². The Bertz CT molecular complexity index is 360. The molecule has 1 saturated heterocycles. The molecule has 3 aliphatic rings. The lowest BCUT2D eigenvalue weighted by Crippen LogP contribution is -2.46. The van der Waals surface area contributed by atoms with Crippen LogP contribution < -0.4 is 5.32 Å². The van der Waals surface area contributed by atoms with Crippen LogP contribution in [0.25, 0.3) is 0 Å². The molecule has 2 aliphatic carbocycles. The van der Waals surface area contributed by atoms with Crippen molar-refractivity contribution in [1.82, 2.24) is 10.2 Å². The van der Waals surface area contributed by atoms with Gasteiger partial charge in [0.25, 0.3) is 0 Å². The monoisotopic (exact) mass is 280 g/mol. The average molecular weight is 280 g/mol. The van der Waals surface area contributed by atoms with Crippen molar-refractivity contribution in [2.24, 2.45) is 17.8 Å². The smallest absolute Gasteiger partial charge is 0.234 e. The molecule has 2 bridgehead atoms. The highest BCUT2D eigenvalue weighted by Crippen LogP contribution is 2.49. The Morgan fingerprint density at radius 3 is 2.85 bits per heavy atom. The van der Waals surface area contributed by atoms with Gasteiger partial charge < -0.3 is 10.4 Å². The van der Waals surface area contributed by atoms with E-state index in [-0.39, 0.29) is 18.6 Å². The molecule has 0 spiro atoms. The number of aliphatic hydroxyl groups excluding tert-OH is 1. The highest BCUT2D eigenvalue weighted by Gasteiger charge is 2.42. The minimum atomic E-state index is 0.139. The highest BCUT2D eigenvalue weighted by atomic mass is 16.3. The molecule has 4 nitrogen and oxygen atoms in total. The second kappa shape index (κ2) is 6.02. The minimum absolute atomic E-state index is 0.139. The van der Waals surface area contributed by atoms with E-state index in [0.717, 1.165) is 31.2 Å². The number of carbonyl (C=O) groups excluding carboxylic acids is 1. The van der Waals surface area contributed by atoms with E-state index in [0.29, 0.717) is 18.5 Å². The second-order valence-electron chi connectivity index (χ2n) is 7.14. The number of aliphatic hydroxyl groups is 1. The number of rotatable bonds is 5. The van der Waals surface area contributed by atoms with Crippen molar-refractivity contribution in [2.75, 3.05) is 19.7 Å². The first-order chi connectivity index (χ1) is 9.67. The molecule has 1 amide bonds. The molecule has 4 heteroatoms. The van der Waals surface area contributed by atoms with Crippen molar-refractivity contribution in [3.63, 3.8) is 0 Å². The van der Waals surface area contributed by atoms with Gasteiger partial charge in [0.1, 0.15) is 0 Å². The summed E-state index contributed by atoms with van der Waals surface area (Å²) in [6, 6.07) is 0.506. The Kier molecular flexibility index (Phi) is 4.32. The lowest BCUT2D eigenvalue weighted by Gasteiger charge is -2.29. The van der Waals surface area contributed by atoms with Crippen molar-refractivity contribution in [3.8, 4) is 0 Å². The summed E-state index contributed by atoms with van der Waals surface area (Å²) < 4.78 is 0. The van der Waals surface area contributed by atoms with Gasteiger partial charge in [0, 0.05) is 12.1 Å². The van der Waals surface area contributed by atoms with E-state index >= 15 is 0 Å². The SMILES string of the molecule is CC(NC(=O)CN1CCC[C@H]1CO)C1CC2CCC1C2. The summed E-state index contributed by atoms with van der Waals surface area (Å²) in [6.07, 6.45) is 7.60. The van der Waals surface area contributed by atoms with Gasteiger partial charge in [0.05, 0.1) is 13.2 Å². The zero-order valence-electron chi connectivity index (χ0n) is 12.6. The normalized spacial score (nSPS) is 38.3. The molecule has 3 fully saturated rings. The fourth-order valence-corrected chi connectivity index (χ4v) is 4.81. The summed E-state index contributed by atoms with van der Waals surface area (Å²) >= 11 is 0. The van der Waals surface area contributed by atoms with E-state index in [1.165, 1.54) is 25.7 Å². The maximum atomic E-state index is 12.2. The molecule has 4 unspecified atom stereocenters. The fraction of sp³-hybridized carbons (Fsp3) is 0.938. The van der Waals surface area contributed by atoms with Crippen LogP contribution in [0.1, 0.15) is 45.4 Å². The lowest BCUT2D eigenvalue weighted by atomic mass is 9.84. The van der Waals surface area contributed by atoms with Crippen LogP contribution in [0.15, 0.2) is 0 Å². The number of nitrogens with zero attached hydrogens (tertiary/aromatic N) is 1. The Balaban J connectivity index is 1.46. The number of nitrogens with one attached hydrogen (secondary N) is 1. The summed E-state index contributed by atoms with van der Waals surface area (Å²) in [6.45, 7) is 3.75. The van der Waals surface area contributed by atoms with Crippen LogP contribution in [0.4, 0.5) is 0 Å². The third kappa shape index (κ3) is 2.86. The molecule has 20 heavy (non-hydrogen) atoms. The molecule has 2 saturated carbocycles. The summed E-state index contributed by atoms with van der Waals surface area (Å²) in [7, 11) is 0. The van der Waals surface area contributed by atoms with E-state index in [4.69, 9.17) is 0 Å². The van der Waals surface area contributed by atoms with Gasteiger partial charge in [-0.05, 0) is 63.3 Å². The standard InChI is InChI=1S/C16H28N2O2/c1-11(15-8-12-4-5-13(15)7-12)17-16(20)9-18-6-2-3-14(18)10-19/h11-15,19H,2-10H2,1H3,(H,17,20)/t11?,12?,13?,14-,15?/m0/s1. The zero-order chi connectivity index (χ0) is 14.1. The Morgan fingerprint density at radius 2 is 2.20 bits per heavy atom. The number of amides is 1. The Labute approximate surface area is 121 Å². The maximum absolute atomic E-state index is 12.2. The molecule has 0 radical (unpaired) electrons. The lowest BCUT2D eigenvalue weighted by molar-refractivity contribution is -0.123. The Morgan fingerprint density at radius 1 is 1.35 bits per heavy atom.